The lowest BCUT2D eigenvalue weighted by Crippen LogP contribution is -2.45. The first kappa shape index (κ1) is 13.5. The summed E-state index contributed by atoms with van der Waals surface area (Å²) in [7, 11) is 0. The van der Waals surface area contributed by atoms with Gasteiger partial charge >= 0.3 is 6.03 Å². The van der Waals surface area contributed by atoms with Gasteiger partial charge in [0.05, 0.1) is 6.54 Å². The van der Waals surface area contributed by atoms with Crippen LogP contribution in [0, 0.1) is 0 Å². The molecule has 0 aromatic heterocycles. The van der Waals surface area contributed by atoms with Crippen molar-refractivity contribution >= 4 is 11.9 Å². The first-order valence-corrected chi connectivity index (χ1v) is 6.56. The number of fused-ring (bicyclic) bond motifs is 1. The number of imide groups is 1. The van der Waals surface area contributed by atoms with Crippen molar-refractivity contribution in [3.05, 3.63) is 35.4 Å². The van der Waals surface area contributed by atoms with Gasteiger partial charge in [-0.2, -0.15) is 0 Å². The van der Waals surface area contributed by atoms with Crippen LogP contribution in [0.15, 0.2) is 24.3 Å². The Balaban J connectivity index is 1.85. The first-order valence-electron chi connectivity index (χ1n) is 6.56. The van der Waals surface area contributed by atoms with Crippen molar-refractivity contribution < 1.29 is 9.59 Å². The Morgan fingerprint density at radius 1 is 1.26 bits per heavy atom. The third kappa shape index (κ3) is 3.79. The minimum atomic E-state index is -0.426. The minimum absolute atomic E-state index is 0.255. The molecule has 5 nitrogen and oxygen atoms in total. The number of amides is 3. The highest BCUT2D eigenvalue weighted by atomic mass is 16.2. The van der Waals surface area contributed by atoms with E-state index in [0.29, 0.717) is 6.54 Å². The van der Waals surface area contributed by atoms with E-state index in [1.807, 2.05) is 19.1 Å². The summed E-state index contributed by atoms with van der Waals surface area (Å²) < 4.78 is 0. The van der Waals surface area contributed by atoms with Crippen molar-refractivity contribution in [2.75, 3.05) is 19.6 Å². The Kier molecular flexibility index (Phi) is 4.52. The van der Waals surface area contributed by atoms with Crippen LogP contribution in [0.4, 0.5) is 4.79 Å². The second-order valence-corrected chi connectivity index (χ2v) is 4.64. The molecule has 0 saturated carbocycles. The van der Waals surface area contributed by atoms with Gasteiger partial charge in [0, 0.05) is 19.6 Å². The van der Waals surface area contributed by atoms with Crippen LogP contribution in [-0.4, -0.2) is 36.5 Å². The van der Waals surface area contributed by atoms with E-state index in [4.69, 9.17) is 0 Å². The second-order valence-electron chi connectivity index (χ2n) is 4.64. The number of carbonyl (C=O) groups excluding carboxylic acids is 2. The van der Waals surface area contributed by atoms with Crippen molar-refractivity contribution in [1.82, 2.24) is 15.5 Å². The van der Waals surface area contributed by atoms with Gasteiger partial charge in [-0.05, 0) is 24.5 Å². The predicted octanol–water partition coefficient (Wildman–Crippen LogP) is 0.890. The molecule has 0 spiro atoms. The molecule has 3 amide bonds. The number of benzene rings is 1. The fraction of sp³-hybridized carbons (Fsp3) is 0.429. The summed E-state index contributed by atoms with van der Waals surface area (Å²) >= 11 is 0. The number of rotatable bonds is 3. The van der Waals surface area contributed by atoms with Gasteiger partial charge in [-0.25, -0.2) is 4.79 Å². The highest BCUT2D eigenvalue weighted by Crippen LogP contribution is 2.17. The lowest BCUT2D eigenvalue weighted by Gasteiger charge is -2.27. The predicted molar refractivity (Wildman–Crippen MR) is 72.6 cm³/mol. The first-order chi connectivity index (χ1) is 9.19. The molecule has 19 heavy (non-hydrogen) atoms. The number of hydrogen-bond donors (Lipinski definition) is 2. The minimum Gasteiger partial charge on any atom is -0.338 e. The van der Waals surface area contributed by atoms with Crippen molar-refractivity contribution in [2.45, 2.75) is 19.9 Å². The average molecular weight is 261 g/mol. The van der Waals surface area contributed by atoms with E-state index in [9.17, 15) is 9.59 Å². The summed E-state index contributed by atoms with van der Waals surface area (Å²) in [6.07, 6.45) is 0.949. The highest BCUT2D eigenvalue weighted by molar-refractivity contribution is 5.95. The maximum absolute atomic E-state index is 11.7. The molecule has 0 radical (unpaired) electrons. The van der Waals surface area contributed by atoms with Gasteiger partial charge in [0.15, 0.2) is 0 Å². The fourth-order valence-electron chi connectivity index (χ4n) is 2.26. The number of nitrogens with one attached hydrogen (secondary N) is 2. The molecule has 102 valence electrons. The zero-order valence-corrected chi connectivity index (χ0v) is 11.1. The molecule has 1 aliphatic heterocycles. The lowest BCUT2D eigenvalue weighted by atomic mass is 10.00. The Bertz CT molecular complexity index is 474. The second kappa shape index (κ2) is 6.33. The fourth-order valence-corrected chi connectivity index (χ4v) is 2.26. The zero-order chi connectivity index (χ0) is 13.7. The van der Waals surface area contributed by atoms with Gasteiger partial charge in [-0.3, -0.25) is 15.0 Å². The standard InChI is InChI=1S/C14H19N3O2/c1-2-15-14(19)16-13(18)10-17-8-7-11-5-3-4-6-12(11)9-17/h3-6H,2,7-10H2,1H3,(H2,15,16,18,19). The Labute approximate surface area is 113 Å². The van der Waals surface area contributed by atoms with E-state index < -0.39 is 6.03 Å². The van der Waals surface area contributed by atoms with E-state index in [2.05, 4.69) is 27.7 Å². The summed E-state index contributed by atoms with van der Waals surface area (Å²) in [5.41, 5.74) is 2.61. The van der Waals surface area contributed by atoms with Crippen molar-refractivity contribution in [2.24, 2.45) is 0 Å². The Morgan fingerprint density at radius 2 is 2.00 bits per heavy atom. The quantitative estimate of drug-likeness (QED) is 0.849. The molecular weight excluding hydrogens is 242 g/mol. The summed E-state index contributed by atoms with van der Waals surface area (Å²) in [5.74, 6) is -0.259. The van der Waals surface area contributed by atoms with Gasteiger partial charge in [0.2, 0.25) is 5.91 Å². The van der Waals surface area contributed by atoms with Gasteiger partial charge in [0.1, 0.15) is 0 Å². The Hall–Kier alpha value is -1.88. The van der Waals surface area contributed by atoms with Gasteiger partial charge in [-0.1, -0.05) is 24.3 Å². The molecule has 0 aliphatic carbocycles. The van der Waals surface area contributed by atoms with Crippen molar-refractivity contribution in [1.29, 1.82) is 0 Å². The summed E-state index contributed by atoms with van der Waals surface area (Å²) in [6, 6.07) is 7.84. The topological polar surface area (TPSA) is 61.4 Å². The van der Waals surface area contributed by atoms with Crippen LogP contribution < -0.4 is 10.6 Å². The molecule has 1 aromatic carbocycles. The van der Waals surface area contributed by atoms with Crippen LogP contribution in [0.2, 0.25) is 0 Å². The average Bonchev–Trinajstić information content (AvgIpc) is 2.38. The van der Waals surface area contributed by atoms with Gasteiger partial charge in [0.25, 0.3) is 0 Å². The molecule has 1 aromatic rings. The molecule has 0 bridgehead atoms. The third-order valence-electron chi connectivity index (χ3n) is 3.17. The molecule has 0 atom stereocenters. The highest BCUT2D eigenvalue weighted by Gasteiger charge is 2.18. The summed E-state index contributed by atoms with van der Waals surface area (Å²) in [6.45, 7) is 4.19. The molecular formula is C14H19N3O2. The largest absolute Gasteiger partial charge is 0.338 e. The molecule has 2 rings (SSSR count). The number of hydrogen-bond acceptors (Lipinski definition) is 3. The van der Waals surface area contributed by atoms with Gasteiger partial charge in [-0.15, -0.1) is 0 Å². The summed E-state index contributed by atoms with van der Waals surface area (Å²) in [5, 5.41) is 4.86. The van der Waals surface area contributed by atoms with Crippen LogP contribution in [0.3, 0.4) is 0 Å². The van der Waals surface area contributed by atoms with Crippen molar-refractivity contribution in [3.63, 3.8) is 0 Å². The van der Waals surface area contributed by atoms with Crippen LogP contribution in [0.25, 0.3) is 0 Å². The molecule has 5 heteroatoms. The number of nitrogens with zero attached hydrogens (tertiary/aromatic N) is 1. The maximum Gasteiger partial charge on any atom is 0.321 e. The normalized spacial score (nSPS) is 14.6. The zero-order valence-electron chi connectivity index (χ0n) is 11.1. The van der Waals surface area contributed by atoms with E-state index in [1.54, 1.807) is 0 Å². The van der Waals surface area contributed by atoms with E-state index >= 15 is 0 Å². The Morgan fingerprint density at radius 3 is 2.74 bits per heavy atom. The number of urea groups is 1. The molecule has 2 N–H and O–H groups in total. The number of carbonyl (C=O) groups is 2. The van der Waals surface area contributed by atoms with E-state index in [-0.39, 0.29) is 12.5 Å². The summed E-state index contributed by atoms with van der Waals surface area (Å²) in [4.78, 5) is 25.0. The molecule has 0 fully saturated rings. The lowest BCUT2D eigenvalue weighted by molar-refractivity contribution is -0.121. The van der Waals surface area contributed by atoms with Crippen LogP contribution in [0.1, 0.15) is 18.1 Å². The van der Waals surface area contributed by atoms with Crippen molar-refractivity contribution in [3.8, 4) is 0 Å². The van der Waals surface area contributed by atoms with E-state index in [0.717, 1.165) is 19.5 Å². The molecule has 1 heterocycles. The molecule has 0 unspecified atom stereocenters. The maximum atomic E-state index is 11.7. The van der Waals surface area contributed by atoms with Crippen LogP contribution >= 0.6 is 0 Å². The smallest absolute Gasteiger partial charge is 0.321 e. The van der Waals surface area contributed by atoms with Crippen LogP contribution in [-0.2, 0) is 17.8 Å². The monoisotopic (exact) mass is 261 g/mol. The SMILES string of the molecule is CCNC(=O)NC(=O)CN1CCc2ccccc2C1. The van der Waals surface area contributed by atoms with Gasteiger partial charge < -0.3 is 5.32 Å². The third-order valence-corrected chi connectivity index (χ3v) is 3.17. The molecule has 1 aliphatic rings. The van der Waals surface area contributed by atoms with E-state index in [1.165, 1.54) is 11.1 Å². The molecule has 0 saturated heterocycles. The van der Waals surface area contributed by atoms with Crippen LogP contribution in [0.5, 0.6) is 0 Å².